The summed E-state index contributed by atoms with van der Waals surface area (Å²) in [5.41, 5.74) is 13.4. The summed E-state index contributed by atoms with van der Waals surface area (Å²) in [5.74, 6) is -2.78. The number of benzene rings is 1. The van der Waals surface area contributed by atoms with Crippen molar-refractivity contribution in [1.82, 2.24) is 10.3 Å². The van der Waals surface area contributed by atoms with Crippen LogP contribution in [0.3, 0.4) is 0 Å². The summed E-state index contributed by atoms with van der Waals surface area (Å²) in [4.78, 5) is 0.638. The van der Waals surface area contributed by atoms with Gasteiger partial charge in [-0.3, -0.25) is 0 Å². The average Bonchev–Trinajstić information content (AvgIpc) is 2.66. The fraction of sp³-hybridized carbons (Fsp3) is 0.526. The molecule has 1 rings (SSSR count). The van der Waals surface area contributed by atoms with Gasteiger partial charge in [0.25, 0.3) is 5.92 Å². The Morgan fingerprint density at radius 2 is 2.11 bits per heavy atom. The van der Waals surface area contributed by atoms with Crippen molar-refractivity contribution in [3.8, 4) is 0 Å². The molecule has 0 heterocycles. The molecule has 0 spiro atoms. The fourth-order valence-electron chi connectivity index (χ4n) is 2.98. The third-order valence-electron chi connectivity index (χ3n) is 4.69. The number of anilines is 2. The number of alkyl halides is 2. The fourth-order valence-corrected chi connectivity index (χ4v) is 3.19. The van der Waals surface area contributed by atoms with E-state index in [2.05, 4.69) is 17.9 Å². The lowest BCUT2D eigenvalue weighted by Gasteiger charge is -2.40. The van der Waals surface area contributed by atoms with Gasteiger partial charge in [-0.1, -0.05) is 6.92 Å². The lowest BCUT2D eigenvalue weighted by Crippen LogP contribution is -2.48. The molecule has 0 saturated carbocycles. The normalized spacial score (nSPS) is 13.6. The number of rotatable bonds is 12. The second-order valence-electron chi connectivity index (χ2n) is 6.74. The number of hydrazine groups is 1. The molecule has 0 radical (unpaired) electrons. The van der Waals surface area contributed by atoms with Crippen LogP contribution in [0.2, 0.25) is 0 Å². The number of nitrogen functional groups attached to an aromatic ring is 1. The van der Waals surface area contributed by atoms with Crippen LogP contribution in [0.5, 0.6) is 0 Å². The van der Waals surface area contributed by atoms with E-state index in [0.717, 1.165) is 5.69 Å². The number of hydrogen-bond acceptors (Lipinski definition) is 7. The number of hydrogen-bond donors (Lipinski definition) is 5. The molecule has 158 valence electrons. The topological polar surface area (TPSA) is 94.4 Å². The first kappa shape index (κ1) is 24.2. The molecule has 6 nitrogen and oxygen atoms in total. The first-order valence-corrected chi connectivity index (χ1v) is 9.66. The molecule has 6 N–H and O–H groups in total. The molecule has 1 atom stereocenters. The standard InChI is InChI=1S/C19H32F2N6S/c1-4-15(7-8-19(20,21)13-25-2)27(12-14(10-22)11-23)26(3)16-5-6-17(24)18(28)9-16/h5-6,9-11,15,22,25,28H,4,7-8,12-13,23-24H2,1-3H3/b14-11+,22-10?. The smallest absolute Gasteiger partial charge is 0.260 e. The molecule has 0 aliphatic heterocycles. The molecule has 1 aromatic rings. The van der Waals surface area contributed by atoms with Crippen molar-refractivity contribution < 1.29 is 8.78 Å². The lowest BCUT2D eigenvalue weighted by molar-refractivity contribution is -0.0138. The van der Waals surface area contributed by atoms with Gasteiger partial charge in [0.15, 0.2) is 0 Å². The van der Waals surface area contributed by atoms with Gasteiger partial charge < -0.3 is 27.2 Å². The SMILES string of the molecule is CCC(CCC(F)(F)CNC)N(C/C(C=N)=C/N)N(C)c1ccc(N)c(S)c1. The Morgan fingerprint density at radius 3 is 2.61 bits per heavy atom. The van der Waals surface area contributed by atoms with Crippen LogP contribution in [-0.4, -0.2) is 50.4 Å². The summed E-state index contributed by atoms with van der Waals surface area (Å²) in [6, 6.07) is 5.26. The number of nitrogens with one attached hydrogen (secondary N) is 2. The zero-order chi connectivity index (χ0) is 21.3. The van der Waals surface area contributed by atoms with E-state index in [0.29, 0.717) is 35.5 Å². The Hall–Kier alpha value is -1.84. The van der Waals surface area contributed by atoms with Crippen LogP contribution in [0.25, 0.3) is 0 Å². The van der Waals surface area contributed by atoms with E-state index < -0.39 is 5.92 Å². The Balaban J connectivity index is 3.13. The van der Waals surface area contributed by atoms with E-state index in [1.54, 1.807) is 6.07 Å². The van der Waals surface area contributed by atoms with Crippen molar-refractivity contribution >= 4 is 30.2 Å². The molecule has 0 fully saturated rings. The van der Waals surface area contributed by atoms with Crippen molar-refractivity contribution in [3.05, 3.63) is 30.0 Å². The summed E-state index contributed by atoms with van der Waals surface area (Å²) in [6.07, 6.45) is 3.27. The van der Waals surface area contributed by atoms with Gasteiger partial charge in [0.1, 0.15) is 0 Å². The molecular weight excluding hydrogens is 382 g/mol. The highest BCUT2D eigenvalue weighted by Crippen LogP contribution is 2.28. The summed E-state index contributed by atoms with van der Waals surface area (Å²) >= 11 is 4.37. The molecule has 0 aliphatic carbocycles. The van der Waals surface area contributed by atoms with Gasteiger partial charge in [-0.05, 0) is 44.3 Å². The molecule has 0 aliphatic rings. The largest absolute Gasteiger partial charge is 0.404 e. The molecule has 0 amide bonds. The summed E-state index contributed by atoms with van der Waals surface area (Å²) in [7, 11) is 3.37. The van der Waals surface area contributed by atoms with Crippen LogP contribution in [0.4, 0.5) is 20.2 Å². The molecule has 9 heteroatoms. The van der Waals surface area contributed by atoms with Gasteiger partial charge >= 0.3 is 0 Å². The second kappa shape index (κ2) is 11.2. The van der Waals surface area contributed by atoms with Crippen LogP contribution < -0.4 is 21.8 Å². The van der Waals surface area contributed by atoms with Crippen molar-refractivity contribution in [3.63, 3.8) is 0 Å². The minimum Gasteiger partial charge on any atom is -0.404 e. The summed E-state index contributed by atoms with van der Waals surface area (Å²) in [6.45, 7) is 1.94. The Bertz CT molecular complexity index is 668. The highest BCUT2D eigenvalue weighted by Gasteiger charge is 2.31. The Kier molecular flexibility index (Phi) is 9.71. The van der Waals surface area contributed by atoms with Gasteiger partial charge in [0.2, 0.25) is 0 Å². The molecule has 0 aromatic heterocycles. The first-order valence-electron chi connectivity index (χ1n) is 9.21. The lowest BCUT2D eigenvalue weighted by atomic mass is 10.0. The van der Waals surface area contributed by atoms with E-state index in [-0.39, 0.29) is 19.0 Å². The monoisotopic (exact) mass is 414 g/mol. The highest BCUT2D eigenvalue weighted by molar-refractivity contribution is 7.80. The molecule has 0 bridgehead atoms. The molecule has 1 unspecified atom stereocenters. The van der Waals surface area contributed by atoms with Crippen LogP contribution in [0.15, 0.2) is 34.9 Å². The van der Waals surface area contributed by atoms with Crippen LogP contribution in [0, 0.1) is 5.41 Å². The maximum atomic E-state index is 14.0. The highest BCUT2D eigenvalue weighted by atomic mass is 32.1. The van der Waals surface area contributed by atoms with E-state index >= 15 is 0 Å². The number of thiol groups is 1. The van der Waals surface area contributed by atoms with Crippen LogP contribution in [0.1, 0.15) is 26.2 Å². The van der Waals surface area contributed by atoms with Crippen LogP contribution >= 0.6 is 12.6 Å². The third kappa shape index (κ3) is 6.96. The average molecular weight is 415 g/mol. The quantitative estimate of drug-likeness (QED) is 0.157. The third-order valence-corrected chi connectivity index (χ3v) is 5.08. The van der Waals surface area contributed by atoms with Gasteiger partial charge in [0.05, 0.1) is 12.2 Å². The van der Waals surface area contributed by atoms with Gasteiger partial charge in [-0.2, -0.15) is 0 Å². The molecular formula is C19H32F2N6S. The van der Waals surface area contributed by atoms with Crippen molar-refractivity contribution in [2.24, 2.45) is 5.73 Å². The maximum absolute atomic E-state index is 14.0. The van der Waals surface area contributed by atoms with Crippen molar-refractivity contribution in [2.75, 3.05) is 37.9 Å². The molecule has 1 aromatic carbocycles. The van der Waals surface area contributed by atoms with Gasteiger partial charge in [0, 0.05) is 48.4 Å². The zero-order valence-corrected chi connectivity index (χ0v) is 17.6. The molecule has 0 saturated heterocycles. The predicted octanol–water partition coefficient (Wildman–Crippen LogP) is 3.12. The van der Waals surface area contributed by atoms with Crippen molar-refractivity contribution in [1.29, 1.82) is 5.41 Å². The van der Waals surface area contributed by atoms with E-state index in [9.17, 15) is 8.78 Å². The van der Waals surface area contributed by atoms with Gasteiger partial charge in [-0.15, -0.1) is 12.6 Å². The Labute approximate surface area is 171 Å². The maximum Gasteiger partial charge on any atom is 0.260 e. The van der Waals surface area contributed by atoms with E-state index in [1.165, 1.54) is 19.5 Å². The van der Waals surface area contributed by atoms with Crippen LogP contribution in [-0.2, 0) is 0 Å². The number of nitrogens with zero attached hydrogens (tertiary/aromatic N) is 2. The minimum absolute atomic E-state index is 0.163. The summed E-state index contributed by atoms with van der Waals surface area (Å²) in [5, 5.41) is 13.9. The summed E-state index contributed by atoms with van der Waals surface area (Å²) < 4.78 is 28.0. The molecule has 28 heavy (non-hydrogen) atoms. The predicted molar refractivity (Wildman–Crippen MR) is 116 cm³/mol. The first-order chi connectivity index (χ1) is 13.2. The van der Waals surface area contributed by atoms with Gasteiger partial charge in [-0.25, -0.2) is 13.8 Å². The minimum atomic E-state index is -2.78. The Morgan fingerprint density at radius 1 is 1.43 bits per heavy atom. The van der Waals surface area contributed by atoms with E-state index in [4.69, 9.17) is 16.9 Å². The zero-order valence-electron chi connectivity index (χ0n) is 16.8. The second-order valence-corrected chi connectivity index (χ2v) is 7.22. The van der Waals surface area contributed by atoms with E-state index in [1.807, 2.05) is 36.1 Å². The number of halogens is 2. The number of nitrogens with two attached hydrogens (primary N) is 2. The van der Waals surface area contributed by atoms with Crippen molar-refractivity contribution in [2.45, 2.75) is 43.0 Å².